The van der Waals surface area contributed by atoms with E-state index in [0.29, 0.717) is 0 Å². The van der Waals surface area contributed by atoms with E-state index in [2.05, 4.69) is 51.4 Å². The maximum absolute atomic E-state index is 4.80. The third-order valence-electron chi connectivity index (χ3n) is 4.95. The zero-order valence-electron chi connectivity index (χ0n) is 15.9. The van der Waals surface area contributed by atoms with Crippen LogP contribution in [0.25, 0.3) is 33.7 Å². The van der Waals surface area contributed by atoms with Crippen molar-refractivity contribution in [3.05, 3.63) is 91.1 Å². The van der Waals surface area contributed by atoms with Crippen LogP contribution in [0.15, 0.2) is 91.1 Å². The van der Waals surface area contributed by atoms with Gasteiger partial charge in [0.05, 0.1) is 16.7 Å². The van der Waals surface area contributed by atoms with Crippen molar-refractivity contribution in [1.82, 2.24) is 19.7 Å². The highest BCUT2D eigenvalue weighted by molar-refractivity contribution is 5.81. The van der Waals surface area contributed by atoms with Crippen LogP contribution in [0.4, 0.5) is 11.4 Å². The molecule has 0 spiro atoms. The maximum atomic E-state index is 4.80. The van der Waals surface area contributed by atoms with Gasteiger partial charge in [-0.2, -0.15) is 10.2 Å². The summed E-state index contributed by atoms with van der Waals surface area (Å²) in [5.74, 6) is 0.952. The number of aryl methyl sites for hydroxylation is 1. The Bertz CT molecular complexity index is 1270. The number of benzene rings is 3. The summed E-state index contributed by atoms with van der Waals surface area (Å²) in [4.78, 5) is 4.80. The van der Waals surface area contributed by atoms with E-state index in [9.17, 15) is 0 Å². The summed E-state index contributed by atoms with van der Waals surface area (Å²) in [6.07, 6.45) is 1.68. The predicted molar refractivity (Wildman–Crippen MR) is 117 cm³/mol. The molecular weight excluding hydrogens is 358 g/mol. The van der Waals surface area contributed by atoms with Crippen LogP contribution in [0.3, 0.4) is 0 Å². The zero-order chi connectivity index (χ0) is 19.6. The molecular formula is C24H19N5. The lowest BCUT2D eigenvalue weighted by molar-refractivity contribution is 0.959. The quantitative estimate of drug-likeness (QED) is 0.453. The zero-order valence-corrected chi connectivity index (χ0v) is 15.9. The molecule has 2 aromatic heterocycles. The Morgan fingerprint density at radius 3 is 2.41 bits per heavy atom. The fourth-order valence-corrected chi connectivity index (χ4v) is 3.49. The van der Waals surface area contributed by atoms with Crippen molar-refractivity contribution in [3.8, 4) is 22.6 Å². The van der Waals surface area contributed by atoms with Gasteiger partial charge in [0, 0.05) is 35.7 Å². The first-order valence-corrected chi connectivity index (χ1v) is 9.45. The second kappa shape index (κ2) is 7.20. The molecule has 0 saturated carbocycles. The number of hydrogen-bond donors (Lipinski definition) is 1. The highest BCUT2D eigenvalue weighted by Gasteiger charge is 2.10. The van der Waals surface area contributed by atoms with E-state index in [-0.39, 0.29) is 0 Å². The maximum Gasteiger partial charge on any atom is 0.140 e. The lowest BCUT2D eigenvalue weighted by atomic mass is 10.1. The van der Waals surface area contributed by atoms with Crippen LogP contribution in [-0.4, -0.2) is 19.7 Å². The molecule has 3 aromatic carbocycles. The first-order chi connectivity index (χ1) is 14.3. The lowest BCUT2D eigenvalue weighted by Crippen LogP contribution is -1.95. The van der Waals surface area contributed by atoms with E-state index in [4.69, 9.17) is 4.98 Å². The molecule has 0 saturated heterocycles. The normalized spacial score (nSPS) is 10.9. The topological polar surface area (TPSA) is 55.6 Å². The summed E-state index contributed by atoms with van der Waals surface area (Å²) >= 11 is 0. The number of fused-ring (bicyclic) bond motifs is 1. The molecule has 5 nitrogen and oxygen atoms in total. The molecule has 0 bridgehead atoms. The van der Waals surface area contributed by atoms with Crippen molar-refractivity contribution < 1.29 is 0 Å². The van der Waals surface area contributed by atoms with E-state index in [1.807, 2.05) is 60.7 Å². The minimum Gasteiger partial charge on any atom is -0.356 e. The van der Waals surface area contributed by atoms with Gasteiger partial charge in [0.15, 0.2) is 0 Å². The van der Waals surface area contributed by atoms with Gasteiger partial charge in [0.2, 0.25) is 0 Å². The van der Waals surface area contributed by atoms with Crippen LogP contribution in [-0.2, 0) is 7.05 Å². The first-order valence-electron chi connectivity index (χ1n) is 9.45. The van der Waals surface area contributed by atoms with Gasteiger partial charge >= 0.3 is 0 Å². The monoisotopic (exact) mass is 377 g/mol. The first kappa shape index (κ1) is 17.1. The summed E-state index contributed by atoms with van der Waals surface area (Å²) < 4.78 is 2.13. The third kappa shape index (κ3) is 3.34. The van der Waals surface area contributed by atoms with Gasteiger partial charge in [0.25, 0.3) is 0 Å². The fourth-order valence-electron chi connectivity index (χ4n) is 3.49. The van der Waals surface area contributed by atoms with Crippen LogP contribution in [0, 0.1) is 0 Å². The summed E-state index contributed by atoms with van der Waals surface area (Å²) in [7, 11) is 2.05. The Morgan fingerprint density at radius 2 is 1.62 bits per heavy atom. The predicted octanol–water partition coefficient (Wildman–Crippen LogP) is 5.44. The fraction of sp³-hybridized carbons (Fsp3) is 0.0417. The molecule has 0 aliphatic heterocycles. The molecule has 0 radical (unpaired) electrons. The molecule has 0 atom stereocenters. The molecule has 5 heteroatoms. The number of imidazole rings is 1. The standard InChI is InChI=1S/C24H19N5/c1-29-23-10-3-2-8-22(23)27-24(29)18-6-4-7-20(16-18)26-19-13-11-17(12-14-19)21-9-5-15-25-28-21/h2-16,26H,1H3. The number of nitrogens with zero attached hydrogens (tertiary/aromatic N) is 4. The number of aromatic nitrogens is 4. The molecule has 5 aromatic rings. The molecule has 5 rings (SSSR count). The molecule has 0 aliphatic rings. The Morgan fingerprint density at radius 1 is 0.759 bits per heavy atom. The van der Waals surface area contributed by atoms with Crippen molar-refractivity contribution in [2.24, 2.45) is 7.05 Å². The number of anilines is 2. The average Bonchev–Trinajstić information content (AvgIpc) is 3.12. The van der Waals surface area contributed by atoms with Crippen molar-refractivity contribution in [2.75, 3.05) is 5.32 Å². The molecule has 0 amide bonds. The summed E-state index contributed by atoms with van der Waals surface area (Å²) in [5.41, 5.74) is 7.13. The van der Waals surface area contributed by atoms with Crippen LogP contribution in [0.1, 0.15) is 0 Å². The van der Waals surface area contributed by atoms with E-state index >= 15 is 0 Å². The van der Waals surface area contributed by atoms with Gasteiger partial charge in [-0.15, -0.1) is 0 Å². The molecule has 140 valence electrons. The van der Waals surface area contributed by atoms with Gasteiger partial charge in [-0.25, -0.2) is 4.98 Å². The van der Waals surface area contributed by atoms with Crippen LogP contribution < -0.4 is 5.32 Å². The molecule has 1 N–H and O–H groups in total. The average molecular weight is 377 g/mol. The van der Waals surface area contributed by atoms with E-state index in [0.717, 1.165) is 45.1 Å². The summed E-state index contributed by atoms with van der Waals surface area (Å²) in [6, 6.07) is 28.5. The van der Waals surface area contributed by atoms with Crippen molar-refractivity contribution in [1.29, 1.82) is 0 Å². The van der Waals surface area contributed by atoms with Gasteiger partial charge in [-0.3, -0.25) is 0 Å². The molecule has 0 fully saturated rings. The number of hydrogen-bond acceptors (Lipinski definition) is 4. The van der Waals surface area contributed by atoms with Crippen molar-refractivity contribution in [2.45, 2.75) is 0 Å². The Labute approximate surface area is 168 Å². The van der Waals surface area contributed by atoms with Gasteiger partial charge in [-0.05, 0) is 48.5 Å². The summed E-state index contributed by atoms with van der Waals surface area (Å²) in [5, 5.41) is 11.6. The SMILES string of the molecule is Cn1c(-c2cccc(Nc3ccc(-c4cccnn4)cc3)c2)nc2ccccc21. The number of para-hydroxylation sites is 2. The van der Waals surface area contributed by atoms with Crippen molar-refractivity contribution in [3.63, 3.8) is 0 Å². The second-order valence-corrected chi connectivity index (χ2v) is 6.88. The second-order valence-electron chi connectivity index (χ2n) is 6.88. The highest BCUT2D eigenvalue weighted by atomic mass is 15.1. The third-order valence-corrected chi connectivity index (χ3v) is 4.95. The van der Waals surface area contributed by atoms with E-state index in [1.54, 1.807) is 6.20 Å². The smallest absolute Gasteiger partial charge is 0.140 e. The Hall–Kier alpha value is -3.99. The molecule has 0 aliphatic carbocycles. The Kier molecular flexibility index (Phi) is 4.26. The van der Waals surface area contributed by atoms with Crippen LogP contribution in [0.2, 0.25) is 0 Å². The summed E-state index contributed by atoms with van der Waals surface area (Å²) in [6.45, 7) is 0. The molecule has 2 heterocycles. The Balaban J connectivity index is 1.42. The number of nitrogens with one attached hydrogen (secondary N) is 1. The van der Waals surface area contributed by atoms with Crippen molar-refractivity contribution >= 4 is 22.4 Å². The van der Waals surface area contributed by atoms with E-state index < -0.39 is 0 Å². The highest BCUT2D eigenvalue weighted by Crippen LogP contribution is 2.27. The van der Waals surface area contributed by atoms with Crippen LogP contribution in [0.5, 0.6) is 0 Å². The minimum atomic E-state index is 0.864. The largest absolute Gasteiger partial charge is 0.356 e. The van der Waals surface area contributed by atoms with Gasteiger partial charge in [-0.1, -0.05) is 36.4 Å². The van der Waals surface area contributed by atoms with Crippen LogP contribution >= 0.6 is 0 Å². The minimum absolute atomic E-state index is 0.864. The molecule has 0 unspecified atom stereocenters. The lowest BCUT2D eigenvalue weighted by Gasteiger charge is -2.09. The van der Waals surface area contributed by atoms with E-state index in [1.165, 1.54) is 0 Å². The van der Waals surface area contributed by atoms with Gasteiger partial charge in [0.1, 0.15) is 5.82 Å². The molecule has 29 heavy (non-hydrogen) atoms. The van der Waals surface area contributed by atoms with Gasteiger partial charge < -0.3 is 9.88 Å². The number of rotatable bonds is 4.